The van der Waals surface area contributed by atoms with Gasteiger partial charge >= 0.3 is 0 Å². The zero-order valence-electron chi connectivity index (χ0n) is 38.8. The second-order valence-corrected chi connectivity index (χ2v) is 19.4. The minimum Gasteiger partial charge on any atom is -0.453 e. The van der Waals surface area contributed by atoms with E-state index in [-0.39, 0.29) is 0 Å². The molecule has 2 heterocycles. The number of nitrogens with zero attached hydrogens (tertiary/aromatic N) is 4. The first-order valence-electron chi connectivity index (χ1n) is 23.4. The third kappa shape index (κ3) is 6.75. The molecule has 0 spiro atoms. The van der Waals surface area contributed by atoms with Gasteiger partial charge in [0.25, 0.3) is 0 Å². The summed E-state index contributed by atoms with van der Waals surface area (Å²) in [7, 11) is 0. The van der Waals surface area contributed by atoms with Gasteiger partial charge in [-0.3, -0.25) is 0 Å². The van der Waals surface area contributed by atoms with Gasteiger partial charge in [-0.25, -0.2) is 9.69 Å². The van der Waals surface area contributed by atoms with Crippen molar-refractivity contribution in [3.8, 4) is 67.5 Å². The van der Waals surface area contributed by atoms with Gasteiger partial charge in [0.1, 0.15) is 0 Å². The van der Waals surface area contributed by atoms with E-state index in [0.29, 0.717) is 40.1 Å². The van der Waals surface area contributed by atoms with Gasteiger partial charge in [0.2, 0.25) is 11.4 Å². The Morgan fingerprint density at radius 1 is 0.362 bits per heavy atom. The van der Waals surface area contributed by atoms with Crippen molar-refractivity contribution in [2.45, 2.75) is 44.9 Å². The maximum atomic E-state index is 9.23. The molecule has 1 aliphatic carbocycles. The third-order valence-corrected chi connectivity index (χ3v) is 14.0. The molecule has 6 nitrogen and oxygen atoms in total. The topological polar surface area (TPSA) is 33.7 Å². The molecular weight excluding hydrogens is 845 g/mol. The average molecular weight is 891 g/mol. The Labute approximate surface area is 403 Å². The lowest BCUT2D eigenvalue weighted by molar-refractivity contribution is 0.404. The number of anilines is 6. The molecule has 330 valence electrons. The van der Waals surface area contributed by atoms with E-state index >= 15 is 0 Å². The summed E-state index contributed by atoms with van der Waals surface area (Å²) in [6, 6.07) is 66.8. The molecule has 0 fully saturated rings. The van der Waals surface area contributed by atoms with Gasteiger partial charge in [-0.1, -0.05) is 173 Å². The van der Waals surface area contributed by atoms with Gasteiger partial charge < -0.3 is 19.3 Å². The molecule has 6 heteroatoms. The van der Waals surface area contributed by atoms with Crippen molar-refractivity contribution in [2.75, 3.05) is 9.80 Å². The highest BCUT2D eigenvalue weighted by molar-refractivity contribution is 6.09. The molecule has 9 aromatic rings. The Hall–Kier alpha value is -8.84. The molecule has 0 N–H and O–H groups in total. The van der Waals surface area contributed by atoms with Crippen LogP contribution in [0.1, 0.15) is 45.2 Å². The van der Waals surface area contributed by atoms with Gasteiger partial charge in [0, 0.05) is 0 Å². The second kappa shape index (κ2) is 15.9. The van der Waals surface area contributed by atoms with Crippen LogP contribution in [-0.2, 0) is 10.8 Å². The monoisotopic (exact) mass is 890 g/mol. The predicted octanol–water partition coefficient (Wildman–Crippen LogP) is 18.6. The average Bonchev–Trinajstić information content (AvgIpc) is 3.59. The smallest absolute Gasteiger partial charge is 0.220 e. The molecule has 0 saturated carbocycles. The Kier molecular flexibility index (Phi) is 9.59. The number of hydrogen-bond donors (Lipinski definition) is 0. The van der Waals surface area contributed by atoms with Crippen LogP contribution in [0.4, 0.5) is 45.5 Å². The Morgan fingerprint density at radius 2 is 0.667 bits per heavy atom. The highest BCUT2D eigenvalue weighted by Crippen LogP contribution is 2.68. The Bertz CT molecular complexity index is 3430. The molecule has 2 aliphatic heterocycles. The second-order valence-electron chi connectivity index (χ2n) is 19.4. The van der Waals surface area contributed by atoms with Crippen molar-refractivity contribution in [3.63, 3.8) is 0 Å². The molecule has 12 rings (SSSR count). The van der Waals surface area contributed by atoms with E-state index in [4.69, 9.17) is 16.0 Å². The van der Waals surface area contributed by atoms with Crippen molar-refractivity contribution in [1.82, 2.24) is 0 Å². The number of rotatable bonds is 6. The maximum absolute atomic E-state index is 9.23. The summed E-state index contributed by atoms with van der Waals surface area (Å²) in [6.45, 7) is 27.2. The van der Waals surface area contributed by atoms with Crippen LogP contribution in [0.25, 0.3) is 54.2 Å². The Balaban J connectivity index is 1.21. The molecule has 0 bridgehead atoms. The summed E-state index contributed by atoms with van der Waals surface area (Å²) in [5.41, 5.74) is 14.7. The summed E-state index contributed by atoms with van der Waals surface area (Å²) >= 11 is 0. The summed E-state index contributed by atoms with van der Waals surface area (Å²) in [5, 5.41) is 0. The van der Waals surface area contributed by atoms with Crippen molar-refractivity contribution in [3.05, 3.63) is 228 Å². The molecule has 0 amide bonds. The fourth-order valence-corrected chi connectivity index (χ4v) is 11.3. The van der Waals surface area contributed by atoms with Crippen LogP contribution >= 0.6 is 0 Å². The molecule has 0 aromatic heterocycles. The fourth-order valence-electron chi connectivity index (χ4n) is 11.3. The van der Waals surface area contributed by atoms with Crippen LogP contribution in [0.2, 0.25) is 0 Å². The van der Waals surface area contributed by atoms with Crippen LogP contribution in [0.15, 0.2) is 194 Å². The van der Waals surface area contributed by atoms with E-state index in [1.807, 2.05) is 48.5 Å². The fraction of sp³-hybridized carbons (Fsp3) is 0.111. The zero-order chi connectivity index (χ0) is 47.0. The number of fused-ring (bicyclic) bond motifs is 5. The van der Waals surface area contributed by atoms with E-state index in [1.165, 1.54) is 0 Å². The van der Waals surface area contributed by atoms with Crippen LogP contribution < -0.4 is 19.3 Å². The Morgan fingerprint density at radius 3 is 0.986 bits per heavy atom. The minimum atomic E-state index is -0.443. The lowest BCUT2D eigenvalue weighted by Gasteiger charge is -2.42. The van der Waals surface area contributed by atoms with Crippen molar-refractivity contribution in [2.24, 2.45) is 0 Å². The van der Waals surface area contributed by atoms with Crippen LogP contribution in [0.5, 0.6) is 23.0 Å². The largest absolute Gasteiger partial charge is 0.453 e. The first kappa shape index (κ1) is 41.6. The van der Waals surface area contributed by atoms with Crippen molar-refractivity contribution >= 4 is 45.5 Å². The van der Waals surface area contributed by atoms with E-state index in [2.05, 4.69) is 193 Å². The predicted molar refractivity (Wildman–Crippen MR) is 281 cm³/mol. The maximum Gasteiger partial charge on any atom is 0.220 e. The lowest BCUT2D eigenvalue weighted by atomic mass is 9.81. The molecule has 3 aliphatic rings. The SMILES string of the molecule is [C-]#[N+]c1c([N+]#[C-])c2c(c(N3c4ccc(-c5ccccc5)cc4Oc4cc(-c5ccccc5)ccc43)c1N1c3ccc(-c4ccccc4)cc3Oc3cc(-c4ccccc4)ccc31)C(C)(C)CC2(C)C. The van der Waals surface area contributed by atoms with E-state index in [0.717, 1.165) is 90.5 Å². The molecule has 69 heavy (non-hydrogen) atoms. The molecule has 0 radical (unpaired) electrons. The minimum absolute atomic E-state index is 0.291. The van der Waals surface area contributed by atoms with E-state index < -0.39 is 10.8 Å². The zero-order valence-corrected chi connectivity index (χ0v) is 38.8. The van der Waals surface area contributed by atoms with Gasteiger partial charge in [0.15, 0.2) is 23.0 Å². The highest BCUT2D eigenvalue weighted by Gasteiger charge is 2.50. The molecule has 0 saturated heterocycles. The van der Waals surface area contributed by atoms with Crippen molar-refractivity contribution in [1.29, 1.82) is 0 Å². The standard InChI is InChI=1S/C63H46N4O2/c1-62(2)39-63(3,4)57-56(62)58(64-5)59(65-6)61(67-50-33-29-46(42-23-15-9-16-24-42)37-54(50)69-55-38-47(30-34-51(55)67)43-25-17-10-18-26-43)60(57)66-48-31-27-44(40-19-11-7-12-20-40)35-52(48)68-53-36-45(28-32-49(53)66)41-21-13-8-14-22-41/h7-38H,39H2,1-4H3. The van der Waals surface area contributed by atoms with E-state index in [9.17, 15) is 6.57 Å². The van der Waals surface area contributed by atoms with Crippen LogP contribution in [0.3, 0.4) is 0 Å². The quantitative estimate of drug-likeness (QED) is 0.156. The summed E-state index contributed by atoms with van der Waals surface area (Å²) in [6.07, 6.45) is 0.771. The van der Waals surface area contributed by atoms with Gasteiger partial charge in [-0.15, -0.1) is 0 Å². The number of hydrogen-bond acceptors (Lipinski definition) is 4. The number of ether oxygens (including phenoxy) is 2. The molecular formula is C63H46N4O2. The normalized spacial score (nSPS) is 14.4. The van der Waals surface area contributed by atoms with Crippen LogP contribution in [-0.4, -0.2) is 0 Å². The number of benzene rings is 9. The van der Waals surface area contributed by atoms with Gasteiger partial charge in [-0.05, 0) is 121 Å². The summed E-state index contributed by atoms with van der Waals surface area (Å²) < 4.78 is 14.1. The van der Waals surface area contributed by atoms with E-state index in [1.54, 1.807) is 0 Å². The summed E-state index contributed by atoms with van der Waals surface area (Å²) in [5.74, 6) is 2.65. The van der Waals surface area contributed by atoms with Gasteiger partial charge in [-0.2, -0.15) is 0 Å². The van der Waals surface area contributed by atoms with Crippen molar-refractivity contribution < 1.29 is 9.47 Å². The highest BCUT2D eigenvalue weighted by atomic mass is 16.5. The molecule has 0 unspecified atom stereocenters. The molecule has 0 atom stereocenters. The molecule has 9 aromatic carbocycles. The third-order valence-electron chi connectivity index (χ3n) is 14.0. The van der Waals surface area contributed by atoms with Crippen LogP contribution in [0, 0.1) is 13.1 Å². The first-order chi connectivity index (χ1) is 33.6. The van der Waals surface area contributed by atoms with Gasteiger partial charge in [0.05, 0.1) is 47.3 Å². The lowest BCUT2D eigenvalue weighted by Crippen LogP contribution is -2.25. The first-order valence-corrected chi connectivity index (χ1v) is 23.4. The summed E-state index contributed by atoms with van der Waals surface area (Å²) in [4.78, 5) is 13.3.